The van der Waals surface area contributed by atoms with Gasteiger partial charge in [-0.3, -0.25) is 28.2 Å². The molecule has 668 valence electrons. The van der Waals surface area contributed by atoms with Crippen LogP contribution in [0.5, 0.6) is 0 Å². The van der Waals surface area contributed by atoms with Crippen molar-refractivity contribution in [3.05, 3.63) is 24.3 Å². The second-order valence-electron chi connectivity index (χ2n) is 32.7. The number of unbranched alkanes of at least 4 members (excludes halogenated alkanes) is 40. The van der Waals surface area contributed by atoms with Gasteiger partial charge in [0.2, 0.25) is 0 Å². The standard InChI is InChI=1S/C88H161O25P/c1-6-10-14-18-22-25-28-31-34-37-40-47-53-59-71(90)104-64-68(107-73(92)61-55-49-42-39-36-33-30-27-24-20-16-12-8-3)65-106-114(102,103)113-86-84(111-87-81(100)77(96)75(94)69(63-89)108-87)80(99)79(98)83(110-74(93)62-56-50-44-43-46-52-58-67(5)57-51-45-21-17-13-9-4)85(86)112-88-82(101)78(97)76(95)70(109-88)66-105-72(91)60-54-48-41-38-35-32-29-26-23-19-15-11-7-2/h31-32,34-35,67-70,75-89,94-101H,6-30,33,36-66H2,1-5H3,(H,102,103)/b34-31-,35-32-. The maximum Gasteiger partial charge on any atom is 0.472 e. The highest BCUT2D eigenvalue weighted by Crippen LogP contribution is 2.49. The van der Waals surface area contributed by atoms with Crippen molar-refractivity contribution in [2.45, 2.75) is 479 Å². The number of phosphoric ester groups is 1. The molecule has 0 aromatic rings. The molecular weight excluding hydrogens is 1490 g/mol. The van der Waals surface area contributed by atoms with Crippen LogP contribution in [0.15, 0.2) is 24.3 Å². The van der Waals surface area contributed by atoms with Crippen molar-refractivity contribution < 1.29 is 122 Å². The molecule has 2 aliphatic heterocycles. The van der Waals surface area contributed by atoms with E-state index in [4.69, 9.17) is 46.9 Å². The number of allylic oxidation sites excluding steroid dienone is 4. The van der Waals surface area contributed by atoms with Crippen LogP contribution in [0.2, 0.25) is 0 Å². The van der Waals surface area contributed by atoms with Crippen LogP contribution >= 0.6 is 7.82 Å². The summed E-state index contributed by atoms with van der Waals surface area (Å²) in [5.74, 6) is -2.38. The molecule has 3 aliphatic rings. The van der Waals surface area contributed by atoms with E-state index in [2.05, 4.69) is 58.9 Å². The molecule has 0 spiro atoms. The highest BCUT2D eigenvalue weighted by molar-refractivity contribution is 7.47. The van der Waals surface area contributed by atoms with Crippen molar-refractivity contribution in [2.75, 3.05) is 26.4 Å². The average Bonchev–Trinajstić information content (AvgIpc) is 0.754. The molecule has 3 fully saturated rings. The molecule has 114 heavy (non-hydrogen) atoms. The molecule has 0 radical (unpaired) electrons. The maximum absolute atomic E-state index is 14.9. The van der Waals surface area contributed by atoms with E-state index in [-0.39, 0.29) is 25.7 Å². The minimum atomic E-state index is -5.81. The molecule has 25 nitrogen and oxygen atoms in total. The topological polar surface area (TPSA) is 380 Å². The SMILES string of the molecule is CCCCCCCC/C=C\CCCCCC(=O)OCC(COP(=O)(O)OC1C(OC2OC(CO)C(O)C(O)C2O)C(O)C(O)C(OC(=O)CCCCCCCCC(C)CCCCCCCC)C1OC1OC(COC(=O)CCCCC/C=C\CCCCCCCC)C(O)C(O)C1O)OC(=O)CCCCCCCCCCCCCCC. The van der Waals surface area contributed by atoms with Gasteiger partial charge in [-0.05, 0) is 83.0 Å². The maximum atomic E-state index is 14.9. The second kappa shape index (κ2) is 66.6. The van der Waals surface area contributed by atoms with Crippen LogP contribution < -0.4 is 0 Å². The van der Waals surface area contributed by atoms with Gasteiger partial charge in [-0.2, -0.15) is 0 Å². The molecule has 3 rings (SSSR count). The first-order valence-electron chi connectivity index (χ1n) is 45.5. The van der Waals surface area contributed by atoms with Gasteiger partial charge in [0.05, 0.1) is 13.2 Å². The van der Waals surface area contributed by atoms with Crippen molar-refractivity contribution >= 4 is 31.7 Å². The smallest absolute Gasteiger partial charge is 0.463 e. The van der Waals surface area contributed by atoms with E-state index in [1.165, 1.54) is 154 Å². The molecule has 0 bridgehead atoms. The zero-order valence-electron chi connectivity index (χ0n) is 71.0. The summed E-state index contributed by atoms with van der Waals surface area (Å²) in [6, 6.07) is 0. The van der Waals surface area contributed by atoms with Gasteiger partial charge in [0.15, 0.2) is 24.8 Å². The van der Waals surface area contributed by atoms with Gasteiger partial charge >= 0.3 is 31.7 Å². The molecular formula is C88H161O25P. The number of hydrogen-bond donors (Lipinski definition) is 10. The Bertz CT molecular complexity index is 2490. The van der Waals surface area contributed by atoms with Crippen molar-refractivity contribution in [2.24, 2.45) is 5.92 Å². The van der Waals surface area contributed by atoms with Crippen LogP contribution in [0.1, 0.15) is 375 Å². The van der Waals surface area contributed by atoms with Crippen LogP contribution in [0.4, 0.5) is 0 Å². The summed E-state index contributed by atoms with van der Waals surface area (Å²) < 4.78 is 73.3. The van der Waals surface area contributed by atoms with Crippen molar-refractivity contribution in [1.29, 1.82) is 0 Å². The number of hydrogen-bond acceptors (Lipinski definition) is 24. The Labute approximate surface area is 685 Å². The van der Waals surface area contributed by atoms with Gasteiger partial charge in [0.25, 0.3) is 0 Å². The summed E-state index contributed by atoms with van der Waals surface area (Å²) in [5.41, 5.74) is 0. The number of aliphatic hydroxyl groups excluding tert-OH is 9. The Morgan fingerprint density at radius 2 is 0.711 bits per heavy atom. The number of ether oxygens (including phenoxy) is 8. The van der Waals surface area contributed by atoms with Gasteiger partial charge in [0.1, 0.15) is 92.6 Å². The predicted octanol–water partition coefficient (Wildman–Crippen LogP) is 16.0. The third-order valence-electron chi connectivity index (χ3n) is 22.3. The lowest BCUT2D eigenvalue weighted by Gasteiger charge is -2.50. The molecule has 0 amide bonds. The largest absolute Gasteiger partial charge is 0.472 e. The molecule has 19 atom stereocenters. The van der Waals surface area contributed by atoms with Crippen molar-refractivity contribution in [1.82, 2.24) is 0 Å². The van der Waals surface area contributed by atoms with Crippen LogP contribution in [-0.4, -0.2) is 205 Å². The van der Waals surface area contributed by atoms with E-state index in [1.54, 1.807) is 0 Å². The number of phosphoric acid groups is 1. The zero-order valence-corrected chi connectivity index (χ0v) is 71.9. The van der Waals surface area contributed by atoms with Gasteiger partial charge in [0, 0.05) is 25.7 Å². The lowest BCUT2D eigenvalue weighted by molar-refractivity contribution is -0.360. The monoisotopic (exact) mass is 1650 g/mol. The van der Waals surface area contributed by atoms with Crippen LogP contribution in [-0.2, 0) is 70.7 Å². The van der Waals surface area contributed by atoms with Gasteiger partial charge in [-0.1, -0.05) is 296 Å². The third-order valence-corrected chi connectivity index (χ3v) is 23.3. The number of rotatable bonds is 72. The lowest BCUT2D eigenvalue weighted by Crippen LogP contribution is -2.70. The fraction of sp³-hybridized carbons (Fsp3) is 0.909. The quantitative estimate of drug-likeness (QED) is 0.00889. The van der Waals surface area contributed by atoms with E-state index < -0.39 is 162 Å². The number of aliphatic hydroxyl groups is 9. The molecule has 1 saturated carbocycles. The van der Waals surface area contributed by atoms with E-state index >= 15 is 0 Å². The van der Waals surface area contributed by atoms with E-state index in [0.29, 0.717) is 44.4 Å². The molecule has 19 unspecified atom stereocenters. The first-order chi connectivity index (χ1) is 55.1. The minimum absolute atomic E-state index is 0.00664. The van der Waals surface area contributed by atoms with Crippen molar-refractivity contribution in [3.63, 3.8) is 0 Å². The summed E-state index contributed by atoms with van der Waals surface area (Å²) in [4.78, 5) is 66.3. The van der Waals surface area contributed by atoms with E-state index in [9.17, 15) is 74.6 Å². The second-order valence-corrected chi connectivity index (χ2v) is 34.1. The summed E-state index contributed by atoms with van der Waals surface area (Å²) in [6.45, 7) is 7.83. The predicted molar refractivity (Wildman–Crippen MR) is 439 cm³/mol. The van der Waals surface area contributed by atoms with Crippen molar-refractivity contribution in [3.8, 4) is 0 Å². The number of esters is 4. The number of carbonyl (C=O) groups is 4. The highest BCUT2D eigenvalue weighted by Gasteiger charge is 2.60. The van der Waals surface area contributed by atoms with Crippen LogP contribution in [0.3, 0.4) is 0 Å². The molecule has 1 aliphatic carbocycles. The Morgan fingerprint density at radius 3 is 1.14 bits per heavy atom. The normalized spacial score (nSPS) is 25.7. The Kier molecular flexibility index (Phi) is 61.5. The van der Waals surface area contributed by atoms with E-state index in [0.717, 1.165) is 122 Å². The molecule has 0 aromatic heterocycles. The van der Waals surface area contributed by atoms with E-state index in [1.807, 2.05) is 0 Å². The Hall–Kier alpha value is -3.05. The summed E-state index contributed by atoms with van der Waals surface area (Å²) in [6.07, 6.45) is 23.5. The molecule has 10 N–H and O–H groups in total. The summed E-state index contributed by atoms with van der Waals surface area (Å²) >= 11 is 0. The molecule has 0 aromatic carbocycles. The van der Waals surface area contributed by atoms with Crippen LogP contribution in [0, 0.1) is 5.92 Å². The summed E-state index contributed by atoms with van der Waals surface area (Å²) in [5, 5.41) is 102. The Morgan fingerprint density at radius 1 is 0.368 bits per heavy atom. The molecule has 26 heteroatoms. The van der Waals surface area contributed by atoms with Crippen LogP contribution in [0.25, 0.3) is 0 Å². The average molecular weight is 1650 g/mol. The fourth-order valence-electron chi connectivity index (χ4n) is 15.0. The lowest BCUT2D eigenvalue weighted by atomic mass is 9.84. The number of carbonyl (C=O) groups excluding carboxylic acids is 4. The molecule has 2 heterocycles. The minimum Gasteiger partial charge on any atom is -0.463 e. The Balaban J connectivity index is 1.95. The third kappa shape index (κ3) is 47.2. The van der Waals surface area contributed by atoms with Gasteiger partial charge in [-0.25, -0.2) is 4.57 Å². The first-order valence-corrected chi connectivity index (χ1v) is 47.0. The first kappa shape index (κ1) is 105. The van der Waals surface area contributed by atoms with Gasteiger partial charge < -0.3 is 88.7 Å². The fourth-order valence-corrected chi connectivity index (χ4v) is 15.9. The zero-order chi connectivity index (χ0) is 83.4. The molecule has 2 saturated heterocycles. The van der Waals surface area contributed by atoms with Gasteiger partial charge in [-0.15, -0.1) is 0 Å². The summed E-state index contributed by atoms with van der Waals surface area (Å²) in [7, 11) is -5.81. The highest BCUT2D eigenvalue weighted by atomic mass is 31.2.